The van der Waals surface area contributed by atoms with Crippen LogP contribution in [0, 0.1) is 0 Å². The van der Waals surface area contributed by atoms with Gasteiger partial charge < -0.3 is 20.1 Å². The molecule has 2 N–H and O–H groups in total. The lowest BCUT2D eigenvalue weighted by Crippen LogP contribution is -2.27. The van der Waals surface area contributed by atoms with Crippen LogP contribution in [-0.2, 0) is 0 Å². The second kappa shape index (κ2) is 8.59. The minimum absolute atomic E-state index is 0.0246. The molecule has 0 saturated carbocycles. The van der Waals surface area contributed by atoms with Crippen molar-refractivity contribution >= 4 is 11.4 Å². The Balaban J connectivity index is 2.20. The number of benzene rings is 1. The van der Waals surface area contributed by atoms with Crippen LogP contribution >= 0.6 is 0 Å². The number of fused-ring (bicyclic) bond motifs is 2. The maximum atomic E-state index is 13.3. The molecule has 3 aliphatic rings. The first kappa shape index (κ1) is 20.8. The molecule has 0 aromatic carbocycles. The van der Waals surface area contributed by atoms with Crippen LogP contribution in [-0.4, -0.2) is 90.6 Å². The van der Waals surface area contributed by atoms with Gasteiger partial charge in [0.05, 0.1) is 47.4 Å². The fraction of sp³-hybridized carbons (Fsp3) is 0.381. The fourth-order valence-electron chi connectivity index (χ4n) is 3.20. The molecule has 0 radical (unpaired) electrons. The van der Waals surface area contributed by atoms with Gasteiger partial charge in [0.2, 0.25) is 0 Å². The molecule has 0 amide bonds. The molecule has 2 aliphatic carbocycles. The van der Waals surface area contributed by atoms with Crippen molar-refractivity contribution in [1.29, 1.82) is 0 Å². The Kier molecular flexibility index (Phi) is 6.14. The number of hydrogen-bond donors (Lipinski definition) is 2. The van der Waals surface area contributed by atoms with Crippen LogP contribution in [0.4, 0.5) is 0 Å². The van der Waals surface area contributed by atoms with Gasteiger partial charge in [-0.1, -0.05) is 0 Å². The van der Waals surface area contributed by atoms with Crippen LogP contribution in [0.5, 0.6) is 5.75 Å². The molecule has 0 atom stereocenters. The number of hydrogen-bond acceptors (Lipinski definition) is 7. The molecule has 0 saturated heterocycles. The van der Waals surface area contributed by atoms with E-state index in [1.165, 1.54) is 18.5 Å². The summed E-state index contributed by atoms with van der Waals surface area (Å²) >= 11 is 0. The van der Waals surface area contributed by atoms with Gasteiger partial charge in [0.25, 0.3) is 0 Å². The van der Waals surface area contributed by atoms with Crippen molar-refractivity contribution in [2.75, 3.05) is 54.4 Å². The van der Waals surface area contributed by atoms with E-state index in [1.807, 2.05) is 38.0 Å². The van der Waals surface area contributed by atoms with E-state index < -0.39 is 0 Å². The minimum Gasteiger partial charge on any atom is -0.507 e. The lowest BCUT2D eigenvalue weighted by molar-refractivity contribution is 0.184. The highest BCUT2D eigenvalue weighted by molar-refractivity contribution is 6.27. The molecule has 3 rings (SSSR count). The van der Waals surface area contributed by atoms with Gasteiger partial charge in [-0.3, -0.25) is 14.8 Å². The first-order valence-corrected chi connectivity index (χ1v) is 9.47. The van der Waals surface area contributed by atoms with E-state index in [-0.39, 0.29) is 16.7 Å². The van der Waals surface area contributed by atoms with E-state index in [4.69, 9.17) is 0 Å². The van der Waals surface area contributed by atoms with Gasteiger partial charge in [0.1, 0.15) is 5.75 Å². The maximum Gasteiger partial charge on any atom is 0.198 e. The molecule has 1 aliphatic heterocycles. The highest BCUT2D eigenvalue weighted by Crippen LogP contribution is 2.35. The number of aromatic hydroxyl groups is 1. The van der Waals surface area contributed by atoms with E-state index in [9.17, 15) is 15.1 Å². The lowest BCUT2D eigenvalue weighted by atomic mass is 9.86. The summed E-state index contributed by atoms with van der Waals surface area (Å²) in [5, 5.41) is 20.8. The standard InChI is InChI=1S/C21H27N5O3/c1-24(2)11-8-22-16-5-6-17(23-9-12-25(3)4)19-18(16)20(27)14-7-10-26(29)13-15(14)21(19)28/h5-7,10,13,27,29H,8-9,11-12H2,1-4H3. The van der Waals surface area contributed by atoms with Gasteiger partial charge in [0.15, 0.2) is 5.43 Å². The van der Waals surface area contributed by atoms with E-state index in [0.717, 1.165) is 17.8 Å². The third kappa shape index (κ3) is 4.38. The number of likely N-dealkylation sites (N-methyl/N-ethyl adjacent to an activating group) is 2. The number of phenols is 1. The van der Waals surface area contributed by atoms with E-state index in [1.54, 1.807) is 12.2 Å². The zero-order valence-electron chi connectivity index (χ0n) is 17.3. The fourth-order valence-corrected chi connectivity index (χ4v) is 3.20. The zero-order valence-corrected chi connectivity index (χ0v) is 17.3. The summed E-state index contributed by atoms with van der Waals surface area (Å²) < 4.78 is 0.809. The summed E-state index contributed by atoms with van der Waals surface area (Å²) in [5.41, 5.74) is 2.13. The normalized spacial score (nSPS) is 16.5. The molecular formula is C21H27N5O3. The van der Waals surface area contributed by atoms with Gasteiger partial charge in [-0.05, 0) is 46.4 Å². The summed E-state index contributed by atoms with van der Waals surface area (Å²) in [7, 11) is 7.84. The predicted molar refractivity (Wildman–Crippen MR) is 115 cm³/mol. The summed E-state index contributed by atoms with van der Waals surface area (Å²) in [6.07, 6.45) is 6.25. The highest BCUT2D eigenvalue weighted by atomic mass is 16.5. The summed E-state index contributed by atoms with van der Waals surface area (Å²) in [6.45, 7) is 2.54. The van der Waals surface area contributed by atoms with Gasteiger partial charge in [-0.25, -0.2) is 4.73 Å². The number of nitrogens with zero attached hydrogens (tertiary/aromatic N) is 5. The third-order valence-corrected chi connectivity index (χ3v) is 4.73. The van der Waals surface area contributed by atoms with Crippen molar-refractivity contribution < 1.29 is 10.3 Å². The van der Waals surface area contributed by atoms with Crippen LogP contribution in [0.3, 0.4) is 0 Å². The number of pyridine rings is 1. The third-order valence-electron chi connectivity index (χ3n) is 4.73. The Morgan fingerprint density at radius 3 is 2.03 bits per heavy atom. The van der Waals surface area contributed by atoms with Gasteiger partial charge >= 0.3 is 0 Å². The van der Waals surface area contributed by atoms with Crippen LogP contribution in [0.25, 0.3) is 11.1 Å². The SMILES string of the molecule is CN(C)CCN=C1C=CC(=NCCN(C)C)c2c1c(O)c1ccn(O)cc-1c2=O. The number of aromatic nitrogens is 1. The number of phenolic OH excluding ortho intramolecular Hbond substituents is 1. The average molecular weight is 397 g/mol. The molecule has 0 spiro atoms. The molecule has 8 heteroatoms. The molecule has 0 aromatic rings. The van der Waals surface area contributed by atoms with E-state index >= 15 is 0 Å². The summed E-state index contributed by atoms with van der Waals surface area (Å²) in [4.78, 5) is 26.5. The van der Waals surface area contributed by atoms with Gasteiger partial charge in [-0.15, -0.1) is 0 Å². The molecule has 8 nitrogen and oxygen atoms in total. The Morgan fingerprint density at radius 2 is 1.48 bits per heavy atom. The van der Waals surface area contributed by atoms with Gasteiger partial charge in [0, 0.05) is 24.8 Å². The number of aliphatic imine (C=N–C) groups is 2. The second-order valence-electron chi connectivity index (χ2n) is 7.55. The molecule has 0 fully saturated rings. The zero-order chi connectivity index (χ0) is 21.1. The second-order valence-corrected chi connectivity index (χ2v) is 7.55. The largest absolute Gasteiger partial charge is 0.507 e. The minimum atomic E-state index is -0.288. The van der Waals surface area contributed by atoms with Crippen molar-refractivity contribution in [2.45, 2.75) is 0 Å². The monoisotopic (exact) mass is 397 g/mol. The maximum absolute atomic E-state index is 13.3. The van der Waals surface area contributed by atoms with Crippen LogP contribution < -0.4 is 5.43 Å². The lowest BCUT2D eigenvalue weighted by Gasteiger charge is -2.21. The molecule has 0 aromatic heterocycles. The van der Waals surface area contributed by atoms with Crippen molar-refractivity contribution in [3.8, 4) is 16.9 Å². The van der Waals surface area contributed by atoms with Crippen LogP contribution in [0.2, 0.25) is 0 Å². The summed E-state index contributed by atoms with van der Waals surface area (Å²) in [6, 6.07) is 1.52. The molecule has 29 heavy (non-hydrogen) atoms. The van der Waals surface area contributed by atoms with Crippen LogP contribution in [0.1, 0.15) is 11.1 Å². The molecular weight excluding hydrogens is 370 g/mol. The quantitative estimate of drug-likeness (QED) is 0.714. The first-order chi connectivity index (χ1) is 13.8. The van der Waals surface area contributed by atoms with Gasteiger partial charge in [-0.2, -0.15) is 0 Å². The van der Waals surface area contributed by atoms with Crippen molar-refractivity contribution in [3.63, 3.8) is 0 Å². The summed E-state index contributed by atoms with van der Waals surface area (Å²) in [5.74, 6) is -0.0246. The number of allylic oxidation sites excluding steroid dienone is 2. The van der Waals surface area contributed by atoms with Crippen molar-refractivity contribution in [2.24, 2.45) is 9.98 Å². The van der Waals surface area contributed by atoms with E-state index in [0.29, 0.717) is 41.2 Å². The first-order valence-electron chi connectivity index (χ1n) is 9.47. The van der Waals surface area contributed by atoms with E-state index in [2.05, 4.69) is 9.98 Å². The Hall–Kier alpha value is -2.97. The molecule has 0 unspecified atom stereocenters. The molecule has 154 valence electrons. The topological polar surface area (TPSA) is 93.7 Å². The van der Waals surface area contributed by atoms with Crippen LogP contribution in [0.15, 0.2) is 45.4 Å². The van der Waals surface area contributed by atoms with Crippen molar-refractivity contribution in [3.05, 3.63) is 52.0 Å². The molecule has 0 bridgehead atoms. The Labute approximate surface area is 170 Å². The average Bonchev–Trinajstić information content (AvgIpc) is 2.66. The Bertz CT molecular complexity index is 1020. The molecule has 1 heterocycles. The number of rotatable bonds is 6. The highest BCUT2D eigenvalue weighted by Gasteiger charge is 2.29. The van der Waals surface area contributed by atoms with Crippen molar-refractivity contribution in [1.82, 2.24) is 14.5 Å². The predicted octanol–water partition coefficient (Wildman–Crippen LogP) is 1.17. The Morgan fingerprint density at radius 1 is 0.931 bits per heavy atom. The smallest absolute Gasteiger partial charge is 0.198 e.